The molecule has 0 aromatic heterocycles. The van der Waals surface area contributed by atoms with Crippen LogP contribution in [-0.2, 0) is 16.0 Å². The van der Waals surface area contributed by atoms with Gasteiger partial charge in [0.05, 0.1) is 5.69 Å². The van der Waals surface area contributed by atoms with Crippen LogP contribution in [0, 0.1) is 17.2 Å². The smallest absolute Gasteiger partial charge is 0.266 e. The minimum Gasteiger partial charge on any atom is -0.399 e. The molecule has 0 atom stereocenters. The molecule has 1 fully saturated rings. The lowest BCUT2D eigenvalue weighted by atomic mass is 9.90. The van der Waals surface area contributed by atoms with Gasteiger partial charge in [-0.05, 0) is 48.9 Å². The molecule has 2 aromatic rings. The molecule has 1 aliphatic heterocycles. The maximum atomic E-state index is 12.9. The number of benzene rings is 2. The van der Waals surface area contributed by atoms with Crippen molar-refractivity contribution in [1.82, 2.24) is 4.90 Å². The summed E-state index contributed by atoms with van der Waals surface area (Å²) in [5.74, 6) is -0.125. The molecule has 6 heteroatoms. The number of nitrogens with two attached hydrogens (primary N) is 1. The molecule has 1 aliphatic rings. The molecule has 1 heterocycles. The van der Waals surface area contributed by atoms with Gasteiger partial charge >= 0.3 is 0 Å². The first-order valence-electron chi connectivity index (χ1n) is 10.1. The second-order valence-electron chi connectivity index (χ2n) is 7.56. The van der Waals surface area contributed by atoms with E-state index in [4.69, 9.17) is 5.73 Å². The molecular weight excluding hydrogens is 376 g/mol. The van der Waals surface area contributed by atoms with Gasteiger partial charge in [-0.2, -0.15) is 5.26 Å². The topological polar surface area (TPSA) is 90.4 Å². The Labute approximate surface area is 177 Å². The van der Waals surface area contributed by atoms with Gasteiger partial charge < -0.3 is 10.6 Å². The standard InChI is InChI=1S/C24H26N4O2/c1-18(29)28(23-9-5-8-22(26)15-23)17-21(16-25)24(30)27-12-10-20(11-13-27)14-19-6-3-2-4-7-19/h2-9,15,17,20H,10-14,26H2,1H3/b21-17-. The van der Waals surface area contributed by atoms with Gasteiger partial charge in [0, 0.05) is 31.9 Å². The Morgan fingerprint density at radius 2 is 1.87 bits per heavy atom. The highest BCUT2D eigenvalue weighted by atomic mass is 16.2. The number of hydrogen-bond acceptors (Lipinski definition) is 4. The number of carbonyl (C=O) groups excluding carboxylic acids is 2. The lowest BCUT2D eigenvalue weighted by Crippen LogP contribution is -2.40. The Kier molecular flexibility index (Phi) is 6.87. The van der Waals surface area contributed by atoms with E-state index in [1.807, 2.05) is 24.3 Å². The third kappa shape index (κ3) is 5.26. The van der Waals surface area contributed by atoms with E-state index in [9.17, 15) is 14.9 Å². The lowest BCUT2D eigenvalue weighted by Gasteiger charge is -2.32. The van der Waals surface area contributed by atoms with Gasteiger partial charge in [-0.25, -0.2) is 0 Å². The van der Waals surface area contributed by atoms with Crippen LogP contribution in [0.4, 0.5) is 11.4 Å². The summed E-state index contributed by atoms with van der Waals surface area (Å²) in [6, 6.07) is 19.1. The zero-order valence-corrected chi connectivity index (χ0v) is 17.1. The summed E-state index contributed by atoms with van der Waals surface area (Å²) in [6.07, 6.45) is 4.10. The summed E-state index contributed by atoms with van der Waals surface area (Å²) in [5.41, 5.74) is 8.07. The summed E-state index contributed by atoms with van der Waals surface area (Å²) in [5, 5.41) is 9.58. The van der Waals surface area contributed by atoms with Crippen LogP contribution in [0.15, 0.2) is 66.4 Å². The number of rotatable bonds is 5. The van der Waals surface area contributed by atoms with Crippen molar-refractivity contribution in [1.29, 1.82) is 5.26 Å². The summed E-state index contributed by atoms with van der Waals surface area (Å²) in [4.78, 5) is 28.0. The van der Waals surface area contributed by atoms with Crippen LogP contribution in [0.5, 0.6) is 0 Å². The average molecular weight is 402 g/mol. The molecule has 30 heavy (non-hydrogen) atoms. The fourth-order valence-electron chi connectivity index (χ4n) is 3.74. The van der Waals surface area contributed by atoms with Crippen LogP contribution in [0.1, 0.15) is 25.3 Å². The Hall–Kier alpha value is -3.59. The normalized spacial score (nSPS) is 14.8. The predicted octanol–water partition coefficient (Wildman–Crippen LogP) is 3.51. The largest absolute Gasteiger partial charge is 0.399 e. The number of nitrogen functional groups attached to an aromatic ring is 1. The third-order valence-corrected chi connectivity index (χ3v) is 5.37. The van der Waals surface area contributed by atoms with Crippen LogP contribution in [0.3, 0.4) is 0 Å². The molecule has 2 aromatic carbocycles. The Balaban J connectivity index is 1.68. The highest BCUT2D eigenvalue weighted by Crippen LogP contribution is 2.24. The molecule has 0 saturated carbocycles. The minimum absolute atomic E-state index is 0.0610. The van der Waals surface area contributed by atoms with Crippen molar-refractivity contribution in [2.45, 2.75) is 26.2 Å². The van der Waals surface area contributed by atoms with Crippen molar-refractivity contribution in [2.24, 2.45) is 5.92 Å². The van der Waals surface area contributed by atoms with E-state index >= 15 is 0 Å². The van der Waals surface area contributed by atoms with Crippen molar-refractivity contribution in [3.05, 3.63) is 71.9 Å². The van der Waals surface area contributed by atoms with Crippen molar-refractivity contribution >= 4 is 23.2 Å². The van der Waals surface area contributed by atoms with Gasteiger partial charge in [0.2, 0.25) is 5.91 Å². The third-order valence-electron chi connectivity index (χ3n) is 5.37. The second kappa shape index (κ2) is 9.75. The SMILES string of the molecule is CC(=O)N(/C=C(/C#N)C(=O)N1CCC(Cc2ccccc2)CC1)c1cccc(N)c1. The zero-order valence-electron chi connectivity index (χ0n) is 17.1. The van der Waals surface area contributed by atoms with Crippen molar-refractivity contribution < 1.29 is 9.59 Å². The first-order chi connectivity index (χ1) is 14.5. The number of anilines is 2. The first kappa shape index (κ1) is 21.1. The van der Waals surface area contributed by atoms with Gasteiger partial charge in [0.15, 0.2) is 0 Å². The molecule has 3 rings (SSSR count). The number of piperidine rings is 1. The summed E-state index contributed by atoms with van der Waals surface area (Å²) >= 11 is 0. The molecule has 6 nitrogen and oxygen atoms in total. The van der Waals surface area contributed by atoms with Gasteiger partial charge in [-0.1, -0.05) is 36.4 Å². The molecular formula is C24H26N4O2. The summed E-state index contributed by atoms with van der Waals surface area (Å²) in [7, 11) is 0. The molecule has 2 amide bonds. The quantitative estimate of drug-likeness (QED) is 0.471. The molecule has 0 spiro atoms. The van der Waals surface area contributed by atoms with Crippen LogP contribution in [0.2, 0.25) is 0 Å². The summed E-state index contributed by atoms with van der Waals surface area (Å²) < 4.78 is 0. The van der Waals surface area contributed by atoms with E-state index in [1.54, 1.807) is 29.2 Å². The Bertz CT molecular complexity index is 970. The fourth-order valence-corrected chi connectivity index (χ4v) is 3.74. The zero-order chi connectivity index (χ0) is 21.5. The fraction of sp³-hybridized carbons (Fsp3) is 0.292. The number of amides is 2. The van der Waals surface area contributed by atoms with Crippen LogP contribution >= 0.6 is 0 Å². The number of likely N-dealkylation sites (tertiary alicyclic amines) is 1. The lowest BCUT2D eigenvalue weighted by molar-refractivity contribution is -0.128. The van der Waals surface area contributed by atoms with E-state index in [2.05, 4.69) is 12.1 Å². The van der Waals surface area contributed by atoms with Crippen LogP contribution < -0.4 is 10.6 Å². The molecule has 0 unspecified atom stereocenters. The maximum absolute atomic E-state index is 12.9. The van der Waals surface area contributed by atoms with E-state index in [1.165, 1.54) is 23.6 Å². The van der Waals surface area contributed by atoms with Gasteiger partial charge in [0.1, 0.15) is 11.6 Å². The molecule has 2 N–H and O–H groups in total. The van der Waals surface area contributed by atoms with Crippen molar-refractivity contribution in [3.63, 3.8) is 0 Å². The minimum atomic E-state index is -0.342. The van der Waals surface area contributed by atoms with E-state index in [0.29, 0.717) is 30.4 Å². The highest BCUT2D eigenvalue weighted by molar-refractivity contribution is 6.01. The Morgan fingerprint density at radius 1 is 1.17 bits per heavy atom. The van der Waals surface area contributed by atoms with E-state index < -0.39 is 0 Å². The van der Waals surface area contributed by atoms with Gasteiger partial charge in [-0.15, -0.1) is 0 Å². The van der Waals surface area contributed by atoms with Gasteiger partial charge in [0.25, 0.3) is 5.91 Å². The number of hydrogen-bond donors (Lipinski definition) is 1. The molecule has 0 radical (unpaired) electrons. The molecule has 154 valence electrons. The average Bonchev–Trinajstić information content (AvgIpc) is 2.75. The van der Waals surface area contributed by atoms with E-state index in [0.717, 1.165) is 19.3 Å². The number of nitrogens with zero attached hydrogens (tertiary/aromatic N) is 3. The number of nitriles is 1. The molecule has 0 bridgehead atoms. The second-order valence-corrected chi connectivity index (χ2v) is 7.56. The number of carbonyl (C=O) groups is 2. The van der Waals surface area contributed by atoms with Crippen LogP contribution in [0.25, 0.3) is 0 Å². The van der Waals surface area contributed by atoms with E-state index in [-0.39, 0.29) is 17.4 Å². The maximum Gasteiger partial charge on any atom is 0.266 e. The van der Waals surface area contributed by atoms with Crippen molar-refractivity contribution in [2.75, 3.05) is 23.7 Å². The molecule has 0 aliphatic carbocycles. The molecule has 1 saturated heterocycles. The monoisotopic (exact) mass is 402 g/mol. The Morgan fingerprint density at radius 3 is 2.47 bits per heavy atom. The predicted molar refractivity (Wildman–Crippen MR) is 117 cm³/mol. The van der Waals surface area contributed by atoms with Crippen molar-refractivity contribution in [3.8, 4) is 6.07 Å². The highest BCUT2D eigenvalue weighted by Gasteiger charge is 2.26. The first-order valence-corrected chi connectivity index (χ1v) is 10.1. The van der Waals surface area contributed by atoms with Crippen LogP contribution in [-0.4, -0.2) is 29.8 Å². The summed E-state index contributed by atoms with van der Waals surface area (Å²) in [6.45, 7) is 2.59. The van der Waals surface area contributed by atoms with Gasteiger partial charge in [-0.3, -0.25) is 14.5 Å².